The van der Waals surface area contributed by atoms with E-state index in [2.05, 4.69) is 43.4 Å². The molecule has 2 aromatic rings. The van der Waals surface area contributed by atoms with Gasteiger partial charge in [0.25, 0.3) is 0 Å². The fourth-order valence-corrected chi connectivity index (χ4v) is 3.11. The number of nitrogens with one attached hydrogen (secondary N) is 1. The molecule has 0 amide bonds. The molecule has 0 aromatic heterocycles. The van der Waals surface area contributed by atoms with Gasteiger partial charge in [-0.15, -0.1) is 0 Å². The smallest absolute Gasteiger partial charge is 0.123 e. The predicted molar refractivity (Wildman–Crippen MR) is 87.2 cm³/mol. The fourth-order valence-electron chi connectivity index (χ4n) is 2.81. The summed E-state index contributed by atoms with van der Waals surface area (Å²) in [6, 6.07) is 14.6. The standard InChI is InChI=1S/C18H20ClNO/c1-12-7-8-18-14(9-12)10-15(21-18)11-20-13(2)16-5-3-4-6-17(16)19/h3-9,13,15,20H,10-11H2,1-2H3/t13-,15?/m0/s1. The van der Waals surface area contributed by atoms with E-state index < -0.39 is 0 Å². The molecule has 1 aliphatic rings. The molecule has 110 valence electrons. The molecule has 0 fully saturated rings. The van der Waals surface area contributed by atoms with Gasteiger partial charge in [-0.25, -0.2) is 0 Å². The molecule has 1 N–H and O–H groups in total. The minimum Gasteiger partial charge on any atom is -0.488 e. The van der Waals surface area contributed by atoms with Gasteiger partial charge in [0, 0.05) is 24.0 Å². The zero-order valence-electron chi connectivity index (χ0n) is 12.4. The minimum absolute atomic E-state index is 0.201. The van der Waals surface area contributed by atoms with E-state index in [0.29, 0.717) is 0 Å². The molecule has 3 rings (SSSR count). The summed E-state index contributed by atoms with van der Waals surface area (Å²) in [6.07, 6.45) is 1.17. The lowest BCUT2D eigenvalue weighted by Gasteiger charge is -2.18. The average molecular weight is 302 g/mol. The maximum absolute atomic E-state index is 6.23. The van der Waals surface area contributed by atoms with E-state index in [0.717, 1.165) is 29.3 Å². The van der Waals surface area contributed by atoms with Crippen LogP contribution in [-0.4, -0.2) is 12.6 Å². The zero-order valence-corrected chi connectivity index (χ0v) is 13.2. The van der Waals surface area contributed by atoms with Crippen LogP contribution >= 0.6 is 11.6 Å². The van der Waals surface area contributed by atoms with Crippen LogP contribution in [0, 0.1) is 6.92 Å². The molecule has 3 heteroatoms. The van der Waals surface area contributed by atoms with Gasteiger partial charge in [0.1, 0.15) is 11.9 Å². The van der Waals surface area contributed by atoms with E-state index in [-0.39, 0.29) is 12.1 Å². The van der Waals surface area contributed by atoms with Crippen LogP contribution < -0.4 is 10.1 Å². The Morgan fingerprint density at radius 3 is 2.90 bits per heavy atom. The summed E-state index contributed by atoms with van der Waals surface area (Å²) in [7, 11) is 0. The Labute approximate surface area is 131 Å². The summed E-state index contributed by atoms with van der Waals surface area (Å²) in [5, 5.41) is 4.33. The Bertz CT molecular complexity index is 641. The molecule has 2 aromatic carbocycles. The molecule has 0 aliphatic carbocycles. The zero-order chi connectivity index (χ0) is 14.8. The van der Waals surface area contributed by atoms with E-state index in [9.17, 15) is 0 Å². The topological polar surface area (TPSA) is 21.3 Å². The summed E-state index contributed by atoms with van der Waals surface area (Å²) >= 11 is 6.23. The van der Waals surface area contributed by atoms with Gasteiger partial charge in [-0.2, -0.15) is 0 Å². The largest absolute Gasteiger partial charge is 0.488 e. The van der Waals surface area contributed by atoms with Gasteiger partial charge in [0.05, 0.1) is 0 Å². The van der Waals surface area contributed by atoms with Crippen molar-refractivity contribution >= 4 is 11.6 Å². The highest BCUT2D eigenvalue weighted by Gasteiger charge is 2.23. The molecule has 0 spiro atoms. The second-order valence-electron chi connectivity index (χ2n) is 5.71. The van der Waals surface area contributed by atoms with Gasteiger partial charge in [0.2, 0.25) is 0 Å². The average Bonchev–Trinajstić information content (AvgIpc) is 2.87. The Morgan fingerprint density at radius 1 is 1.29 bits per heavy atom. The monoisotopic (exact) mass is 301 g/mol. The predicted octanol–water partition coefficient (Wildman–Crippen LogP) is 4.30. The lowest BCUT2D eigenvalue weighted by molar-refractivity contribution is 0.222. The maximum Gasteiger partial charge on any atom is 0.123 e. The van der Waals surface area contributed by atoms with Crippen LogP contribution in [0.5, 0.6) is 5.75 Å². The molecule has 2 atom stereocenters. The molecule has 1 aliphatic heterocycles. The van der Waals surface area contributed by atoms with E-state index in [1.165, 1.54) is 11.1 Å². The van der Waals surface area contributed by atoms with Crippen molar-refractivity contribution in [1.29, 1.82) is 0 Å². The highest BCUT2D eigenvalue weighted by Crippen LogP contribution is 2.29. The van der Waals surface area contributed by atoms with Gasteiger partial charge in [-0.05, 0) is 37.1 Å². The summed E-state index contributed by atoms with van der Waals surface area (Å²) in [6.45, 7) is 5.07. The number of halogens is 1. The normalized spacial score (nSPS) is 18.1. The molecule has 0 saturated carbocycles. The Balaban J connectivity index is 1.59. The van der Waals surface area contributed by atoms with Gasteiger partial charge in [0.15, 0.2) is 0 Å². The second-order valence-corrected chi connectivity index (χ2v) is 6.11. The summed E-state index contributed by atoms with van der Waals surface area (Å²) in [5.74, 6) is 1.03. The van der Waals surface area contributed by atoms with Crippen molar-refractivity contribution in [3.05, 3.63) is 64.2 Å². The molecular weight excluding hydrogens is 282 g/mol. The first-order valence-electron chi connectivity index (χ1n) is 7.37. The van der Waals surface area contributed by atoms with Crippen LogP contribution in [0.3, 0.4) is 0 Å². The number of fused-ring (bicyclic) bond motifs is 1. The van der Waals surface area contributed by atoms with Crippen molar-refractivity contribution in [3.8, 4) is 5.75 Å². The summed E-state index contributed by atoms with van der Waals surface area (Å²) < 4.78 is 5.98. The van der Waals surface area contributed by atoms with E-state index in [1.807, 2.05) is 18.2 Å². The first-order chi connectivity index (χ1) is 10.1. The molecular formula is C18H20ClNO. The van der Waals surface area contributed by atoms with Gasteiger partial charge in [-0.1, -0.05) is 47.5 Å². The number of ether oxygens (including phenoxy) is 1. The number of benzene rings is 2. The van der Waals surface area contributed by atoms with E-state index in [1.54, 1.807) is 0 Å². The Morgan fingerprint density at radius 2 is 2.10 bits per heavy atom. The second kappa shape index (κ2) is 6.08. The molecule has 0 bridgehead atoms. The summed E-state index contributed by atoms with van der Waals surface area (Å²) in [5.41, 5.74) is 3.73. The molecule has 0 radical (unpaired) electrons. The highest BCUT2D eigenvalue weighted by atomic mass is 35.5. The minimum atomic E-state index is 0.201. The van der Waals surface area contributed by atoms with Crippen LogP contribution in [0.2, 0.25) is 5.02 Å². The van der Waals surface area contributed by atoms with Crippen molar-refractivity contribution in [2.24, 2.45) is 0 Å². The summed E-state index contributed by atoms with van der Waals surface area (Å²) in [4.78, 5) is 0. The van der Waals surface area contributed by atoms with Gasteiger partial charge >= 0.3 is 0 Å². The number of aryl methyl sites for hydroxylation is 1. The van der Waals surface area contributed by atoms with E-state index >= 15 is 0 Å². The van der Waals surface area contributed by atoms with Crippen molar-refractivity contribution in [1.82, 2.24) is 5.32 Å². The first-order valence-corrected chi connectivity index (χ1v) is 7.75. The van der Waals surface area contributed by atoms with Crippen LogP contribution in [-0.2, 0) is 6.42 Å². The van der Waals surface area contributed by atoms with Crippen molar-refractivity contribution in [2.75, 3.05) is 6.54 Å². The third kappa shape index (κ3) is 3.22. The van der Waals surface area contributed by atoms with Crippen molar-refractivity contribution in [3.63, 3.8) is 0 Å². The Hall–Kier alpha value is -1.51. The molecule has 21 heavy (non-hydrogen) atoms. The van der Waals surface area contributed by atoms with Crippen molar-refractivity contribution < 1.29 is 4.74 Å². The SMILES string of the molecule is Cc1ccc2c(c1)CC(CN[C@@H](C)c1ccccc1Cl)O2. The molecule has 1 heterocycles. The van der Waals surface area contributed by atoms with Crippen molar-refractivity contribution in [2.45, 2.75) is 32.4 Å². The molecule has 2 nitrogen and oxygen atoms in total. The van der Waals surface area contributed by atoms with Crippen LogP contribution in [0.4, 0.5) is 0 Å². The Kier molecular flexibility index (Phi) is 4.18. The van der Waals surface area contributed by atoms with Crippen LogP contribution in [0.1, 0.15) is 29.7 Å². The van der Waals surface area contributed by atoms with Gasteiger partial charge < -0.3 is 10.1 Å². The third-order valence-electron chi connectivity index (χ3n) is 3.98. The number of rotatable bonds is 4. The molecule has 0 saturated heterocycles. The number of hydrogen-bond donors (Lipinski definition) is 1. The maximum atomic E-state index is 6.23. The van der Waals surface area contributed by atoms with Crippen LogP contribution in [0.15, 0.2) is 42.5 Å². The van der Waals surface area contributed by atoms with Crippen LogP contribution in [0.25, 0.3) is 0 Å². The quantitative estimate of drug-likeness (QED) is 0.909. The number of hydrogen-bond acceptors (Lipinski definition) is 2. The lowest BCUT2D eigenvalue weighted by atomic mass is 10.1. The third-order valence-corrected chi connectivity index (χ3v) is 4.32. The highest BCUT2D eigenvalue weighted by molar-refractivity contribution is 6.31. The fraction of sp³-hybridized carbons (Fsp3) is 0.333. The van der Waals surface area contributed by atoms with Gasteiger partial charge in [-0.3, -0.25) is 0 Å². The molecule has 1 unspecified atom stereocenters. The van der Waals surface area contributed by atoms with E-state index in [4.69, 9.17) is 16.3 Å². The lowest BCUT2D eigenvalue weighted by Crippen LogP contribution is -2.32. The first kappa shape index (κ1) is 14.4.